The van der Waals surface area contributed by atoms with E-state index in [1.54, 1.807) is 0 Å². The van der Waals surface area contributed by atoms with Gasteiger partial charge in [0.05, 0.1) is 11.4 Å². The zero-order chi connectivity index (χ0) is 9.00. The van der Waals surface area contributed by atoms with Gasteiger partial charge in [0.1, 0.15) is 0 Å². The van der Waals surface area contributed by atoms with E-state index in [0.717, 1.165) is 19.3 Å². The quantitative estimate of drug-likeness (QED) is 0.536. The van der Waals surface area contributed by atoms with E-state index < -0.39 is 0 Å². The van der Waals surface area contributed by atoms with Gasteiger partial charge in [-0.15, -0.1) is 0 Å². The molecule has 2 aliphatic heterocycles. The van der Waals surface area contributed by atoms with Crippen molar-refractivity contribution in [1.29, 1.82) is 0 Å². The molecule has 3 aliphatic rings. The highest BCUT2D eigenvalue weighted by molar-refractivity contribution is 5.94. The number of nitrogens with zero attached hydrogens (tertiary/aromatic N) is 2. The number of hydrogen-bond donors (Lipinski definition) is 0. The Bertz CT molecular complexity index is 379. The van der Waals surface area contributed by atoms with E-state index >= 15 is 0 Å². The average Bonchev–Trinajstić information content (AvgIpc) is 2.60. The van der Waals surface area contributed by atoms with Gasteiger partial charge in [-0.1, -0.05) is 0 Å². The van der Waals surface area contributed by atoms with E-state index in [-0.39, 0.29) is 0 Å². The number of hydrogen-bond acceptors (Lipinski definition) is 2. The molecule has 0 N–H and O–H groups in total. The summed E-state index contributed by atoms with van der Waals surface area (Å²) < 4.78 is 0. The maximum absolute atomic E-state index is 4.54. The Kier molecular flexibility index (Phi) is 1.22. The second-order valence-corrected chi connectivity index (χ2v) is 4.07. The summed E-state index contributed by atoms with van der Waals surface area (Å²) >= 11 is 0. The Balaban J connectivity index is 1.97. The van der Waals surface area contributed by atoms with Gasteiger partial charge in [0.2, 0.25) is 0 Å². The minimum Gasteiger partial charge on any atom is -0.261 e. The number of aliphatic imine (C=N–C) groups is 2. The maximum Gasteiger partial charge on any atom is 0.0501 e. The predicted octanol–water partition coefficient (Wildman–Crippen LogP) is 2.63. The van der Waals surface area contributed by atoms with Crippen LogP contribution in [0.3, 0.4) is 0 Å². The second-order valence-electron chi connectivity index (χ2n) is 4.07. The Morgan fingerprint density at radius 1 is 0.769 bits per heavy atom. The lowest BCUT2D eigenvalue weighted by atomic mass is 10.0. The van der Waals surface area contributed by atoms with Gasteiger partial charge in [-0.3, -0.25) is 9.98 Å². The Morgan fingerprint density at radius 2 is 1.23 bits per heavy atom. The summed E-state index contributed by atoms with van der Waals surface area (Å²) in [6.07, 6.45) is 3.12. The molecule has 0 saturated heterocycles. The topological polar surface area (TPSA) is 24.7 Å². The van der Waals surface area contributed by atoms with E-state index in [4.69, 9.17) is 0 Å². The molecular weight excluding hydrogens is 160 g/mol. The highest BCUT2D eigenvalue weighted by Gasteiger charge is 2.30. The Morgan fingerprint density at radius 3 is 1.69 bits per heavy atom. The van der Waals surface area contributed by atoms with Crippen LogP contribution in [0, 0.1) is 0 Å². The van der Waals surface area contributed by atoms with Gasteiger partial charge in [-0.25, -0.2) is 0 Å². The monoisotopic (exact) mass is 172 g/mol. The Labute approximate surface area is 77.8 Å². The molecule has 0 aromatic heterocycles. The van der Waals surface area contributed by atoms with Crippen molar-refractivity contribution in [1.82, 2.24) is 0 Å². The van der Waals surface area contributed by atoms with E-state index in [1.807, 2.05) is 0 Å². The summed E-state index contributed by atoms with van der Waals surface area (Å²) in [7, 11) is 0. The van der Waals surface area contributed by atoms with Crippen molar-refractivity contribution in [3.8, 4) is 0 Å². The third kappa shape index (κ3) is 0.886. The molecule has 0 aromatic carbocycles. The van der Waals surface area contributed by atoms with Crippen LogP contribution in [0.4, 0.5) is 0 Å². The summed E-state index contributed by atoms with van der Waals surface area (Å²) in [5, 5.41) is 0. The first kappa shape index (κ1) is 7.25. The fraction of sp³-hybridized carbons (Fsp3) is 0.455. The molecule has 0 saturated carbocycles. The second kappa shape index (κ2) is 2.19. The summed E-state index contributed by atoms with van der Waals surface area (Å²) in [5.41, 5.74) is 8.07. The van der Waals surface area contributed by atoms with Gasteiger partial charge in [-0.2, -0.15) is 0 Å². The number of allylic oxidation sites excluding steroid dienone is 2. The van der Waals surface area contributed by atoms with Crippen LogP contribution in [0.1, 0.15) is 33.1 Å². The lowest BCUT2D eigenvalue weighted by Crippen LogP contribution is -1.93. The molecule has 0 atom stereocenters. The van der Waals surface area contributed by atoms with Crippen molar-refractivity contribution in [2.24, 2.45) is 9.98 Å². The van der Waals surface area contributed by atoms with Crippen molar-refractivity contribution in [2.45, 2.75) is 33.1 Å². The standard InChI is InChI=1S/C11H12N2/c1-6-3-8-9-4-7(2)13-11(9)5-10(8)12-6/h3-5H2,1-2H3. The zero-order valence-corrected chi connectivity index (χ0v) is 8.02. The predicted molar refractivity (Wildman–Crippen MR) is 54.1 cm³/mol. The fourth-order valence-electron chi connectivity index (χ4n) is 2.40. The molecule has 0 unspecified atom stereocenters. The molecule has 1 aliphatic carbocycles. The van der Waals surface area contributed by atoms with Crippen LogP contribution in [-0.4, -0.2) is 11.4 Å². The van der Waals surface area contributed by atoms with Crippen LogP contribution in [-0.2, 0) is 0 Å². The van der Waals surface area contributed by atoms with E-state index in [1.165, 1.54) is 34.0 Å². The lowest BCUT2D eigenvalue weighted by molar-refractivity contribution is 1.10. The largest absolute Gasteiger partial charge is 0.261 e. The minimum atomic E-state index is 0.985. The molecule has 13 heavy (non-hydrogen) atoms. The molecule has 0 spiro atoms. The van der Waals surface area contributed by atoms with Crippen molar-refractivity contribution < 1.29 is 0 Å². The van der Waals surface area contributed by atoms with Crippen molar-refractivity contribution >= 4 is 11.4 Å². The van der Waals surface area contributed by atoms with E-state index in [9.17, 15) is 0 Å². The van der Waals surface area contributed by atoms with Gasteiger partial charge >= 0.3 is 0 Å². The first-order chi connectivity index (χ1) is 6.24. The molecule has 0 radical (unpaired) electrons. The SMILES string of the molecule is CC1=NC2=C(C1)C1=C(C2)N=C(C)C1. The lowest BCUT2D eigenvalue weighted by Gasteiger charge is -2.00. The van der Waals surface area contributed by atoms with Crippen molar-refractivity contribution in [3.63, 3.8) is 0 Å². The van der Waals surface area contributed by atoms with E-state index in [2.05, 4.69) is 23.8 Å². The summed E-state index contributed by atoms with van der Waals surface area (Å²) in [6, 6.07) is 0. The van der Waals surface area contributed by atoms with Crippen LogP contribution >= 0.6 is 0 Å². The Hall–Kier alpha value is -1.18. The normalized spacial score (nSPS) is 25.1. The minimum absolute atomic E-state index is 0.985. The molecule has 0 amide bonds. The van der Waals surface area contributed by atoms with Crippen LogP contribution in [0.2, 0.25) is 0 Å². The van der Waals surface area contributed by atoms with Crippen molar-refractivity contribution in [3.05, 3.63) is 22.5 Å². The molecular formula is C11H12N2. The molecule has 0 bridgehead atoms. The van der Waals surface area contributed by atoms with Crippen LogP contribution in [0.5, 0.6) is 0 Å². The van der Waals surface area contributed by atoms with Crippen LogP contribution in [0.15, 0.2) is 32.5 Å². The van der Waals surface area contributed by atoms with Gasteiger partial charge < -0.3 is 0 Å². The number of fused-ring (bicyclic) bond motifs is 1. The smallest absolute Gasteiger partial charge is 0.0501 e. The highest BCUT2D eigenvalue weighted by atomic mass is 14.9. The molecule has 66 valence electrons. The molecule has 2 heteroatoms. The summed E-state index contributed by atoms with van der Waals surface area (Å²) in [4.78, 5) is 9.09. The third-order valence-corrected chi connectivity index (χ3v) is 2.91. The van der Waals surface area contributed by atoms with Gasteiger partial charge in [-0.05, 0) is 25.0 Å². The van der Waals surface area contributed by atoms with Gasteiger partial charge in [0.25, 0.3) is 0 Å². The molecule has 0 fully saturated rings. The summed E-state index contributed by atoms with van der Waals surface area (Å²) in [5.74, 6) is 0. The van der Waals surface area contributed by atoms with Gasteiger partial charge in [0, 0.05) is 30.7 Å². The number of rotatable bonds is 0. The molecule has 2 nitrogen and oxygen atoms in total. The summed E-state index contributed by atoms with van der Waals surface area (Å²) in [6.45, 7) is 4.22. The van der Waals surface area contributed by atoms with Crippen molar-refractivity contribution in [2.75, 3.05) is 0 Å². The molecule has 2 heterocycles. The third-order valence-electron chi connectivity index (χ3n) is 2.91. The fourth-order valence-corrected chi connectivity index (χ4v) is 2.40. The first-order valence-electron chi connectivity index (χ1n) is 4.77. The highest BCUT2D eigenvalue weighted by Crippen LogP contribution is 2.43. The van der Waals surface area contributed by atoms with E-state index in [0.29, 0.717) is 0 Å². The molecule has 3 rings (SSSR count). The van der Waals surface area contributed by atoms with Crippen LogP contribution < -0.4 is 0 Å². The maximum atomic E-state index is 4.54. The van der Waals surface area contributed by atoms with Crippen LogP contribution in [0.25, 0.3) is 0 Å². The average molecular weight is 172 g/mol. The molecule has 0 aromatic rings. The van der Waals surface area contributed by atoms with Gasteiger partial charge in [0.15, 0.2) is 0 Å². The first-order valence-corrected chi connectivity index (χ1v) is 4.77. The zero-order valence-electron chi connectivity index (χ0n) is 8.02.